The van der Waals surface area contributed by atoms with Crippen molar-refractivity contribution in [2.24, 2.45) is 4.99 Å². The summed E-state index contributed by atoms with van der Waals surface area (Å²) in [6.07, 6.45) is 1.24. The minimum atomic E-state index is -0.726. The number of carbonyl (C=O) groups excluding carboxylic acids is 2. The molecular weight excluding hydrogens is 320 g/mol. The summed E-state index contributed by atoms with van der Waals surface area (Å²) in [6, 6.07) is 7.76. The Morgan fingerprint density at radius 2 is 2.04 bits per heavy atom. The molecule has 0 saturated carbocycles. The van der Waals surface area contributed by atoms with Crippen LogP contribution in [0.15, 0.2) is 29.3 Å². The molecule has 0 aromatic heterocycles. The maximum atomic E-state index is 12.8. The summed E-state index contributed by atoms with van der Waals surface area (Å²) in [5.41, 5.74) is 0.348. The average Bonchev–Trinajstić information content (AvgIpc) is 3.17. The SMILES string of the molecule is CN(C)C1=NC2(CCN(C(=O)[C@@H]3Cc4ccccc4O3)CC2)C(=O)N1. The van der Waals surface area contributed by atoms with E-state index in [9.17, 15) is 9.59 Å². The zero-order chi connectivity index (χ0) is 17.6. The normalized spacial score (nSPS) is 23.8. The van der Waals surface area contributed by atoms with Crippen LogP contribution in [0.25, 0.3) is 0 Å². The maximum Gasteiger partial charge on any atom is 0.263 e. The molecule has 1 aromatic carbocycles. The van der Waals surface area contributed by atoms with Gasteiger partial charge in [0.05, 0.1) is 0 Å². The summed E-state index contributed by atoms with van der Waals surface area (Å²) in [5, 5.41) is 2.83. The number of guanidine groups is 1. The number of benzene rings is 1. The zero-order valence-electron chi connectivity index (χ0n) is 14.5. The smallest absolute Gasteiger partial charge is 0.263 e. The summed E-state index contributed by atoms with van der Waals surface area (Å²) < 4.78 is 5.80. The van der Waals surface area contributed by atoms with Gasteiger partial charge in [0.15, 0.2) is 6.10 Å². The fraction of sp³-hybridized carbons (Fsp3) is 0.500. The van der Waals surface area contributed by atoms with Crippen LogP contribution in [0, 0.1) is 0 Å². The third kappa shape index (κ3) is 2.63. The van der Waals surface area contributed by atoms with Gasteiger partial charge < -0.3 is 14.5 Å². The number of hydrogen-bond donors (Lipinski definition) is 1. The van der Waals surface area contributed by atoms with Crippen molar-refractivity contribution < 1.29 is 14.3 Å². The number of rotatable bonds is 1. The molecule has 7 heteroatoms. The van der Waals surface area contributed by atoms with Crippen molar-refractivity contribution in [2.75, 3.05) is 27.2 Å². The van der Waals surface area contributed by atoms with Gasteiger partial charge in [0.2, 0.25) is 5.96 Å². The van der Waals surface area contributed by atoms with Gasteiger partial charge in [-0.25, -0.2) is 4.99 Å². The van der Waals surface area contributed by atoms with Gasteiger partial charge in [0.1, 0.15) is 11.3 Å². The summed E-state index contributed by atoms with van der Waals surface area (Å²) in [5.74, 6) is 1.33. The molecule has 1 atom stereocenters. The van der Waals surface area contributed by atoms with E-state index in [-0.39, 0.29) is 11.8 Å². The van der Waals surface area contributed by atoms with Crippen molar-refractivity contribution in [1.29, 1.82) is 0 Å². The molecule has 0 aliphatic carbocycles. The van der Waals surface area contributed by atoms with Crippen molar-refractivity contribution in [3.05, 3.63) is 29.8 Å². The first kappa shape index (κ1) is 15.9. The van der Waals surface area contributed by atoms with E-state index in [2.05, 4.69) is 10.3 Å². The van der Waals surface area contributed by atoms with Crippen LogP contribution in [0.4, 0.5) is 0 Å². The average molecular weight is 342 g/mol. The lowest BCUT2D eigenvalue weighted by Crippen LogP contribution is -2.53. The molecule has 25 heavy (non-hydrogen) atoms. The second-order valence-electron chi connectivity index (χ2n) is 7.06. The van der Waals surface area contributed by atoms with E-state index < -0.39 is 11.6 Å². The highest BCUT2D eigenvalue weighted by Crippen LogP contribution is 2.33. The first-order valence-electron chi connectivity index (χ1n) is 8.60. The predicted octanol–water partition coefficient (Wildman–Crippen LogP) is 0.399. The van der Waals surface area contributed by atoms with Gasteiger partial charge in [-0.15, -0.1) is 0 Å². The van der Waals surface area contributed by atoms with E-state index in [0.717, 1.165) is 11.3 Å². The number of ether oxygens (including phenoxy) is 1. The van der Waals surface area contributed by atoms with Crippen LogP contribution in [-0.2, 0) is 16.0 Å². The molecule has 3 heterocycles. The summed E-state index contributed by atoms with van der Waals surface area (Å²) in [6.45, 7) is 1.04. The molecule has 3 aliphatic heterocycles. The van der Waals surface area contributed by atoms with E-state index in [1.807, 2.05) is 38.4 Å². The van der Waals surface area contributed by atoms with Crippen LogP contribution in [0.1, 0.15) is 18.4 Å². The first-order valence-corrected chi connectivity index (χ1v) is 8.60. The third-order valence-corrected chi connectivity index (χ3v) is 5.22. The van der Waals surface area contributed by atoms with Crippen LogP contribution in [0.3, 0.4) is 0 Å². The van der Waals surface area contributed by atoms with E-state index in [0.29, 0.717) is 38.3 Å². The lowest BCUT2D eigenvalue weighted by atomic mass is 9.87. The van der Waals surface area contributed by atoms with Crippen molar-refractivity contribution in [2.45, 2.75) is 30.9 Å². The number of fused-ring (bicyclic) bond motifs is 1. The highest BCUT2D eigenvalue weighted by Gasteiger charge is 2.47. The van der Waals surface area contributed by atoms with Gasteiger partial charge in [-0.05, 0) is 24.5 Å². The van der Waals surface area contributed by atoms with E-state index in [4.69, 9.17) is 4.74 Å². The minimum absolute atomic E-state index is 0.00117. The molecule has 0 bridgehead atoms. The van der Waals surface area contributed by atoms with E-state index >= 15 is 0 Å². The number of nitrogens with one attached hydrogen (secondary N) is 1. The number of amides is 2. The van der Waals surface area contributed by atoms with Gasteiger partial charge in [-0.3, -0.25) is 14.9 Å². The Kier molecular flexibility index (Phi) is 3.67. The van der Waals surface area contributed by atoms with Crippen LogP contribution < -0.4 is 10.1 Å². The van der Waals surface area contributed by atoms with E-state index in [1.165, 1.54) is 0 Å². The number of para-hydroxylation sites is 1. The lowest BCUT2D eigenvalue weighted by Gasteiger charge is -2.36. The monoisotopic (exact) mass is 342 g/mol. The molecule has 7 nitrogen and oxygen atoms in total. The Morgan fingerprint density at radius 1 is 1.32 bits per heavy atom. The summed E-state index contributed by atoms with van der Waals surface area (Å²) >= 11 is 0. The van der Waals surface area contributed by atoms with Crippen molar-refractivity contribution in [3.8, 4) is 5.75 Å². The van der Waals surface area contributed by atoms with Crippen molar-refractivity contribution in [1.82, 2.24) is 15.1 Å². The van der Waals surface area contributed by atoms with Gasteiger partial charge in [-0.1, -0.05) is 18.2 Å². The number of hydrogen-bond acceptors (Lipinski definition) is 5. The minimum Gasteiger partial charge on any atom is -0.480 e. The van der Waals surface area contributed by atoms with Crippen LogP contribution in [-0.4, -0.2) is 66.4 Å². The second kappa shape index (κ2) is 5.75. The Morgan fingerprint density at radius 3 is 2.68 bits per heavy atom. The molecule has 1 spiro atoms. The van der Waals surface area contributed by atoms with Gasteiger partial charge in [0.25, 0.3) is 11.8 Å². The standard InChI is InChI=1S/C18H22N4O3/c1-21(2)17-19-16(24)18(20-17)7-9-22(10-8-18)15(23)14-11-12-5-3-4-6-13(12)25-14/h3-6,14H,7-11H2,1-2H3,(H,19,20,24)/t14-/m0/s1. The zero-order valence-corrected chi connectivity index (χ0v) is 14.5. The van der Waals surface area contributed by atoms with Gasteiger partial charge in [0, 0.05) is 33.6 Å². The number of carbonyl (C=O) groups is 2. The molecule has 0 radical (unpaired) electrons. The highest BCUT2D eigenvalue weighted by atomic mass is 16.5. The van der Waals surface area contributed by atoms with Crippen LogP contribution in [0.5, 0.6) is 5.75 Å². The third-order valence-electron chi connectivity index (χ3n) is 5.22. The Bertz CT molecular complexity index is 725. The van der Waals surface area contributed by atoms with Crippen molar-refractivity contribution >= 4 is 17.8 Å². The molecule has 1 aromatic rings. The quantitative estimate of drug-likeness (QED) is 0.802. The topological polar surface area (TPSA) is 74.2 Å². The number of likely N-dealkylation sites (tertiary alicyclic amines) is 1. The summed E-state index contributed by atoms with van der Waals surface area (Å²) in [7, 11) is 3.71. The second-order valence-corrected chi connectivity index (χ2v) is 7.06. The Labute approximate surface area is 146 Å². The molecule has 1 N–H and O–H groups in total. The van der Waals surface area contributed by atoms with Gasteiger partial charge in [-0.2, -0.15) is 0 Å². The van der Waals surface area contributed by atoms with Crippen LogP contribution in [0.2, 0.25) is 0 Å². The van der Waals surface area contributed by atoms with Crippen LogP contribution >= 0.6 is 0 Å². The maximum absolute atomic E-state index is 12.8. The molecular formula is C18H22N4O3. The number of nitrogens with zero attached hydrogens (tertiary/aromatic N) is 3. The number of piperidine rings is 1. The molecule has 2 amide bonds. The first-order chi connectivity index (χ1) is 12.0. The van der Waals surface area contributed by atoms with Crippen molar-refractivity contribution in [3.63, 3.8) is 0 Å². The Balaban J connectivity index is 1.41. The molecule has 0 unspecified atom stereocenters. The van der Waals surface area contributed by atoms with Gasteiger partial charge >= 0.3 is 0 Å². The fourth-order valence-electron chi connectivity index (χ4n) is 3.67. The molecule has 1 fully saturated rings. The number of aliphatic imine (C=N–C) groups is 1. The lowest BCUT2D eigenvalue weighted by molar-refractivity contribution is -0.141. The predicted molar refractivity (Wildman–Crippen MR) is 92.4 cm³/mol. The van der Waals surface area contributed by atoms with E-state index in [1.54, 1.807) is 9.80 Å². The highest BCUT2D eigenvalue weighted by molar-refractivity contribution is 6.07. The fourth-order valence-corrected chi connectivity index (χ4v) is 3.67. The molecule has 4 rings (SSSR count). The Hall–Kier alpha value is -2.57. The largest absolute Gasteiger partial charge is 0.480 e. The molecule has 3 aliphatic rings. The summed E-state index contributed by atoms with van der Waals surface area (Å²) in [4.78, 5) is 33.3. The molecule has 1 saturated heterocycles. The molecule has 132 valence electrons.